The Labute approximate surface area is 190 Å². The second-order valence-electron chi connectivity index (χ2n) is 9.42. The Kier molecular flexibility index (Phi) is 6.58. The average Bonchev–Trinajstić information content (AvgIpc) is 3.38. The van der Waals surface area contributed by atoms with E-state index in [0.717, 1.165) is 12.3 Å². The summed E-state index contributed by atoms with van der Waals surface area (Å²) in [7, 11) is -3.60. The third-order valence-electron chi connectivity index (χ3n) is 6.69. The van der Waals surface area contributed by atoms with Crippen LogP contribution in [0.5, 0.6) is 5.75 Å². The highest BCUT2D eigenvalue weighted by molar-refractivity contribution is 7.89. The van der Waals surface area contributed by atoms with E-state index in [0.29, 0.717) is 28.8 Å². The molecule has 2 aromatic rings. The first-order chi connectivity index (χ1) is 15.2. The van der Waals surface area contributed by atoms with Crippen LogP contribution in [-0.4, -0.2) is 26.5 Å². The van der Waals surface area contributed by atoms with Crippen LogP contribution in [0.4, 0.5) is 5.69 Å². The molecule has 172 valence electrons. The standard InChI is InChI=1S/C25H32N2O4S/c1-16(2)31-22-10-6-19(7-11-22)25(28)26-21-8-12-23(13-9-21)32(29,30)27-17(3)24-15-18-4-5-20(24)14-18/h6-13,16-18,20,24,27H,4-5,14-15H2,1-3H3,(H,26,28)/t17-,18+,20+,24-/m1/s1. The fraction of sp³-hybridized carbons (Fsp3) is 0.480. The van der Waals surface area contributed by atoms with E-state index in [1.807, 2.05) is 20.8 Å². The van der Waals surface area contributed by atoms with Crippen molar-refractivity contribution in [2.75, 3.05) is 5.32 Å². The normalized spacial score (nSPS) is 23.3. The van der Waals surface area contributed by atoms with Crippen molar-refractivity contribution in [2.45, 2.75) is 63.5 Å². The van der Waals surface area contributed by atoms with Crippen LogP contribution in [0.2, 0.25) is 0 Å². The van der Waals surface area contributed by atoms with Gasteiger partial charge in [-0.2, -0.15) is 0 Å². The Morgan fingerprint density at radius 3 is 2.22 bits per heavy atom. The Balaban J connectivity index is 1.36. The summed E-state index contributed by atoms with van der Waals surface area (Å²) < 4.78 is 34.2. The van der Waals surface area contributed by atoms with E-state index < -0.39 is 10.0 Å². The van der Waals surface area contributed by atoms with Gasteiger partial charge in [0.1, 0.15) is 5.75 Å². The highest BCUT2D eigenvalue weighted by Gasteiger charge is 2.42. The van der Waals surface area contributed by atoms with Gasteiger partial charge in [-0.3, -0.25) is 4.79 Å². The van der Waals surface area contributed by atoms with Crippen molar-refractivity contribution in [3.63, 3.8) is 0 Å². The Morgan fingerprint density at radius 2 is 1.66 bits per heavy atom. The van der Waals surface area contributed by atoms with E-state index in [4.69, 9.17) is 4.74 Å². The molecule has 4 atom stereocenters. The molecule has 0 radical (unpaired) electrons. The molecule has 2 aliphatic carbocycles. The molecule has 6 nitrogen and oxygen atoms in total. The fourth-order valence-electron chi connectivity index (χ4n) is 5.18. The SMILES string of the molecule is CC(C)Oc1ccc(C(=O)Nc2ccc(S(=O)(=O)N[C@H](C)[C@H]3C[C@H]4CC[C@H]3C4)cc2)cc1. The molecule has 2 aromatic carbocycles. The largest absolute Gasteiger partial charge is 0.491 e. The quantitative estimate of drug-likeness (QED) is 0.596. The van der Waals surface area contributed by atoms with Crippen LogP contribution in [-0.2, 0) is 10.0 Å². The Bertz CT molecular complexity index is 1050. The molecule has 0 aliphatic heterocycles. The molecule has 2 saturated carbocycles. The summed E-state index contributed by atoms with van der Waals surface area (Å²) >= 11 is 0. The van der Waals surface area contributed by atoms with Crippen molar-refractivity contribution < 1.29 is 17.9 Å². The molecule has 2 bridgehead atoms. The van der Waals surface area contributed by atoms with Crippen LogP contribution in [0.15, 0.2) is 53.4 Å². The van der Waals surface area contributed by atoms with Gasteiger partial charge in [-0.1, -0.05) is 6.42 Å². The lowest BCUT2D eigenvalue weighted by molar-refractivity contribution is 0.102. The molecule has 32 heavy (non-hydrogen) atoms. The van der Waals surface area contributed by atoms with E-state index >= 15 is 0 Å². The third kappa shape index (κ3) is 5.15. The number of benzene rings is 2. The predicted molar refractivity (Wildman–Crippen MR) is 125 cm³/mol. The summed E-state index contributed by atoms with van der Waals surface area (Å²) in [4.78, 5) is 12.7. The van der Waals surface area contributed by atoms with Crippen LogP contribution < -0.4 is 14.8 Å². The number of carbonyl (C=O) groups excluding carboxylic acids is 1. The maximum absolute atomic E-state index is 12.9. The lowest BCUT2D eigenvalue weighted by Gasteiger charge is -2.28. The average molecular weight is 457 g/mol. The topological polar surface area (TPSA) is 84.5 Å². The van der Waals surface area contributed by atoms with Crippen molar-refractivity contribution in [2.24, 2.45) is 17.8 Å². The molecule has 0 spiro atoms. The first kappa shape index (κ1) is 22.8. The van der Waals surface area contributed by atoms with Crippen molar-refractivity contribution in [1.82, 2.24) is 4.72 Å². The molecule has 4 rings (SSSR count). The first-order valence-electron chi connectivity index (χ1n) is 11.4. The minimum Gasteiger partial charge on any atom is -0.491 e. The van der Waals surface area contributed by atoms with Crippen molar-refractivity contribution in [1.29, 1.82) is 0 Å². The van der Waals surface area contributed by atoms with Gasteiger partial charge in [0, 0.05) is 17.3 Å². The van der Waals surface area contributed by atoms with Crippen LogP contribution in [0.3, 0.4) is 0 Å². The maximum Gasteiger partial charge on any atom is 0.255 e. The van der Waals surface area contributed by atoms with E-state index in [9.17, 15) is 13.2 Å². The zero-order valence-corrected chi connectivity index (χ0v) is 19.7. The summed E-state index contributed by atoms with van der Waals surface area (Å²) in [5, 5.41) is 2.81. The fourth-order valence-corrected chi connectivity index (χ4v) is 6.48. The number of hydrogen-bond donors (Lipinski definition) is 2. The molecular formula is C25H32N2O4S. The molecule has 0 heterocycles. The lowest BCUT2D eigenvalue weighted by atomic mass is 9.84. The summed E-state index contributed by atoms with van der Waals surface area (Å²) in [6.45, 7) is 5.87. The second kappa shape index (κ2) is 9.24. The molecule has 0 unspecified atom stereocenters. The van der Waals surface area contributed by atoms with Gasteiger partial charge in [0.25, 0.3) is 5.91 Å². The number of rotatable bonds is 8. The van der Waals surface area contributed by atoms with Crippen LogP contribution in [0.1, 0.15) is 56.8 Å². The minimum atomic E-state index is -3.60. The zero-order chi connectivity index (χ0) is 22.9. The summed E-state index contributed by atoms with van der Waals surface area (Å²) in [6.07, 6.45) is 4.96. The number of anilines is 1. The molecule has 1 amide bonds. The number of amides is 1. The summed E-state index contributed by atoms with van der Waals surface area (Å²) in [5.41, 5.74) is 1.04. The first-order valence-corrected chi connectivity index (χ1v) is 12.9. The molecular weight excluding hydrogens is 424 g/mol. The van der Waals surface area contributed by atoms with E-state index in [-0.39, 0.29) is 22.9 Å². The van der Waals surface area contributed by atoms with Gasteiger partial charge < -0.3 is 10.1 Å². The molecule has 0 aromatic heterocycles. The van der Waals surface area contributed by atoms with Crippen LogP contribution in [0, 0.1) is 17.8 Å². The summed E-state index contributed by atoms with van der Waals surface area (Å²) in [5.74, 6) is 2.30. The van der Waals surface area contributed by atoms with Crippen molar-refractivity contribution in [3.05, 3.63) is 54.1 Å². The smallest absolute Gasteiger partial charge is 0.255 e. The van der Waals surface area contributed by atoms with Crippen LogP contribution in [0.25, 0.3) is 0 Å². The van der Waals surface area contributed by atoms with Gasteiger partial charge in [-0.25, -0.2) is 13.1 Å². The lowest BCUT2D eigenvalue weighted by Crippen LogP contribution is -2.40. The van der Waals surface area contributed by atoms with Gasteiger partial charge in [0.2, 0.25) is 10.0 Å². The Morgan fingerprint density at radius 1 is 0.969 bits per heavy atom. The molecule has 2 N–H and O–H groups in total. The molecule has 2 aliphatic rings. The second-order valence-corrected chi connectivity index (χ2v) is 11.1. The maximum atomic E-state index is 12.9. The van der Waals surface area contributed by atoms with Crippen molar-refractivity contribution >= 4 is 21.6 Å². The predicted octanol–water partition coefficient (Wildman–Crippen LogP) is 4.83. The van der Waals surface area contributed by atoms with E-state index in [1.54, 1.807) is 36.4 Å². The van der Waals surface area contributed by atoms with Crippen molar-refractivity contribution in [3.8, 4) is 5.75 Å². The monoisotopic (exact) mass is 456 g/mol. The highest BCUT2D eigenvalue weighted by Crippen LogP contribution is 2.49. The number of nitrogens with one attached hydrogen (secondary N) is 2. The Hall–Kier alpha value is -2.38. The van der Waals surface area contributed by atoms with Gasteiger partial charge in [0.05, 0.1) is 11.0 Å². The third-order valence-corrected chi connectivity index (χ3v) is 8.26. The zero-order valence-electron chi connectivity index (χ0n) is 18.9. The number of hydrogen-bond acceptors (Lipinski definition) is 4. The molecule has 7 heteroatoms. The van der Waals surface area contributed by atoms with Crippen LogP contribution >= 0.6 is 0 Å². The molecule has 0 saturated heterocycles. The molecule has 2 fully saturated rings. The highest BCUT2D eigenvalue weighted by atomic mass is 32.2. The number of ether oxygens (including phenoxy) is 1. The number of sulfonamides is 1. The summed E-state index contributed by atoms with van der Waals surface area (Å²) in [6, 6.07) is 13.1. The van der Waals surface area contributed by atoms with Gasteiger partial charge in [0.15, 0.2) is 0 Å². The van der Waals surface area contributed by atoms with Gasteiger partial charge in [-0.05, 0) is 106 Å². The minimum absolute atomic E-state index is 0.0650. The van der Waals surface area contributed by atoms with Gasteiger partial charge >= 0.3 is 0 Å². The number of fused-ring (bicyclic) bond motifs is 2. The number of carbonyl (C=O) groups is 1. The van der Waals surface area contributed by atoms with Gasteiger partial charge in [-0.15, -0.1) is 0 Å². The van der Waals surface area contributed by atoms with E-state index in [1.165, 1.54) is 31.4 Å². The van der Waals surface area contributed by atoms with E-state index in [2.05, 4.69) is 10.0 Å².